The highest BCUT2D eigenvalue weighted by molar-refractivity contribution is 7.84. The lowest BCUT2D eigenvalue weighted by molar-refractivity contribution is 0.296. The summed E-state index contributed by atoms with van der Waals surface area (Å²) in [6, 6.07) is 0. The quantitative estimate of drug-likeness (QED) is 0.534. The Morgan fingerprint density at radius 2 is 2.11 bits per heavy atom. The van der Waals surface area contributed by atoms with Crippen LogP contribution in [0.1, 0.15) is 6.42 Å². The summed E-state index contributed by atoms with van der Waals surface area (Å²) in [4.78, 5) is 0. The second-order valence-corrected chi connectivity index (χ2v) is 3.41. The summed E-state index contributed by atoms with van der Waals surface area (Å²) in [6.45, 7) is 0.592. The molecule has 0 saturated carbocycles. The zero-order valence-corrected chi connectivity index (χ0v) is 6.19. The van der Waals surface area contributed by atoms with Gasteiger partial charge in [-0.25, -0.2) is 0 Å². The Morgan fingerprint density at radius 3 is 2.56 bits per heavy atom. The van der Waals surface area contributed by atoms with E-state index in [9.17, 15) is 4.21 Å². The minimum atomic E-state index is -0.805. The van der Waals surface area contributed by atoms with Gasteiger partial charge >= 0.3 is 0 Å². The Hall–Kier alpha value is 0.0700. The summed E-state index contributed by atoms with van der Waals surface area (Å²) in [5.41, 5.74) is 5.15. The van der Waals surface area contributed by atoms with Gasteiger partial charge in [-0.1, -0.05) is 0 Å². The zero-order valence-electron chi connectivity index (χ0n) is 5.38. The summed E-state index contributed by atoms with van der Waals surface area (Å²) < 4.78 is 10.7. The van der Waals surface area contributed by atoms with E-state index in [2.05, 4.69) is 0 Å². The van der Waals surface area contributed by atoms with Gasteiger partial charge in [0.25, 0.3) is 0 Å². The normalized spacial score (nSPS) is 13.6. The average Bonchev–Trinajstić information content (AvgIpc) is 1.85. The van der Waals surface area contributed by atoms with Crippen molar-refractivity contribution in [3.8, 4) is 0 Å². The van der Waals surface area contributed by atoms with Gasteiger partial charge in [-0.05, 0) is 6.42 Å². The van der Waals surface area contributed by atoms with E-state index in [4.69, 9.17) is 10.8 Å². The number of hydrogen-bond donors (Lipinski definition) is 2. The van der Waals surface area contributed by atoms with Crippen molar-refractivity contribution in [1.29, 1.82) is 0 Å². The van der Waals surface area contributed by atoms with E-state index in [0.29, 0.717) is 24.5 Å². The number of rotatable bonds is 5. The lowest BCUT2D eigenvalue weighted by Crippen LogP contribution is -2.13. The molecule has 0 rings (SSSR count). The highest BCUT2D eigenvalue weighted by Gasteiger charge is 1.95. The zero-order chi connectivity index (χ0) is 7.11. The molecule has 0 aromatic carbocycles. The first kappa shape index (κ1) is 9.07. The standard InChI is InChI=1S/C5H13NO2S/c6-2-5-9(8)4-1-3-7/h7H,1-6H2. The molecule has 3 nitrogen and oxygen atoms in total. The predicted molar refractivity (Wildman–Crippen MR) is 38.6 cm³/mol. The van der Waals surface area contributed by atoms with E-state index in [1.165, 1.54) is 0 Å². The molecule has 56 valence electrons. The second-order valence-electron chi connectivity index (χ2n) is 1.71. The van der Waals surface area contributed by atoms with E-state index < -0.39 is 10.8 Å². The average molecular weight is 151 g/mol. The summed E-state index contributed by atoms with van der Waals surface area (Å²) in [5.74, 6) is 1.13. The molecule has 1 unspecified atom stereocenters. The van der Waals surface area contributed by atoms with Crippen molar-refractivity contribution in [2.45, 2.75) is 6.42 Å². The van der Waals surface area contributed by atoms with Crippen molar-refractivity contribution in [3.63, 3.8) is 0 Å². The van der Waals surface area contributed by atoms with Crippen molar-refractivity contribution >= 4 is 10.8 Å². The number of aliphatic hydroxyl groups is 1. The van der Waals surface area contributed by atoms with Gasteiger partial charge in [-0.3, -0.25) is 4.21 Å². The van der Waals surface area contributed by atoms with Gasteiger partial charge in [0, 0.05) is 35.5 Å². The fourth-order valence-electron chi connectivity index (χ4n) is 0.459. The van der Waals surface area contributed by atoms with E-state index >= 15 is 0 Å². The van der Waals surface area contributed by atoms with Crippen LogP contribution in [-0.4, -0.2) is 34.0 Å². The molecule has 0 bridgehead atoms. The van der Waals surface area contributed by atoms with Crippen molar-refractivity contribution in [2.24, 2.45) is 5.73 Å². The van der Waals surface area contributed by atoms with Gasteiger partial charge < -0.3 is 10.8 Å². The molecule has 0 heterocycles. The third-order valence-corrected chi connectivity index (χ3v) is 2.31. The Labute approximate surface area is 57.7 Å². The van der Waals surface area contributed by atoms with Gasteiger partial charge in [0.15, 0.2) is 0 Å². The van der Waals surface area contributed by atoms with Crippen LogP contribution in [0.2, 0.25) is 0 Å². The Bertz CT molecular complexity index is 87.0. The topological polar surface area (TPSA) is 63.3 Å². The van der Waals surface area contributed by atoms with Crippen molar-refractivity contribution < 1.29 is 9.32 Å². The van der Waals surface area contributed by atoms with Crippen LogP contribution in [0.5, 0.6) is 0 Å². The lowest BCUT2D eigenvalue weighted by Gasteiger charge is -1.95. The summed E-state index contributed by atoms with van der Waals surface area (Å²) in [7, 11) is -0.805. The number of aliphatic hydroxyl groups excluding tert-OH is 1. The highest BCUT2D eigenvalue weighted by atomic mass is 32.2. The molecule has 0 aliphatic rings. The molecular formula is C5H13NO2S. The maximum atomic E-state index is 10.7. The predicted octanol–water partition coefficient (Wildman–Crippen LogP) is -0.924. The van der Waals surface area contributed by atoms with E-state index in [-0.39, 0.29) is 6.61 Å². The van der Waals surface area contributed by atoms with Crippen molar-refractivity contribution in [2.75, 3.05) is 24.7 Å². The molecule has 0 fully saturated rings. The van der Waals surface area contributed by atoms with Crippen LogP contribution in [0.3, 0.4) is 0 Å². The van der Waals surface area contributed by atoms with E-state index in [1.54, 1.807) is 0 Å². The van der Waals surface area contributed by atoms with Gasteiger partial charge in [0.2, 0.25) is 0 Å². The second kappa shape index (κ2) is 6.19. The van der Waals surface area contributed by atoms with Crippen LogP contribution in [0.4, 0.5) is 0 Å². The molecule has 0 aromatic heterocycles. The van der Waals surface area contributed by atoms with Crippen molar-refractivity contribution in [1.82, 2.24) is 0 Å². The highest BCUT2D eigenvalue weighted by Crippen LogP contribution is 1.84. The first-order valence-corrected chi connectivity index (χ1v) is 4.46. The minimum Gasteiger partial charge on any atom is -0.396 e. The lowest BCUT2D eigenvalue weighted by atomic mass is 10.5. The molecule has 1 atom stereocenters. The molecule has 9 heavy (non-hydrogen) atoms. The summed E-state index contributed by atoms with van der Waals surface area (Å²) in [6.07, 6.45) is 0.618. The van der Waals surface area contributed by atoms with E-state index in [0.717, 1.165) is 0 Å². The van der Waals surface area contributed by atoms with Crippen LogP contribution < -0.4 is 5.73 Å². The molecule has 4 heteroatoms. The Kier molecular flexibility index (Phi) is 6.24. The monoisotopic (exact) mass is 151 g/mol. The Balaban J connectivity index is 3.06. The van der Waals surface area contributed by atoms with Crippen LogP contribution >= 0.6 is 0 Å². The van der Waals surface area contributed by atoms with E-state index in [1.807, 2.05) is 0 Å². The molecule has 0 aromatic rings. The van der Waals surface area contributed by atoms with Gasteiger partial charge in [-0.2, -0.15) is 0 Å². The van der Waals surface area contributed by atoms with Gasteiger partial charge in [-0.15, -0.1) is 0 Å². The molecule has 0 saturated heterocycles. The maximum Gasteiger partial charge on any atom is 0.0439 e. The molecule has 0 spiro atoms. The first-order chi connectivity index (χ1) is 4.31. The number of nitrogens with two attached hydrogens (primary N) is 1. The number of hydrogen-bond acceptors (Lipinski definition) is 3. The van der Waals surface area contributed by atoms with Gasteiger partial charge in [0.05, 0.1) is 0 Å². The van der Waals surface area contributed by atoms with Crippen LogP contribution in [0.15, 0.2) is 0 Å². The summed E-state index contributed by atoms with van der Waals surface area (Å²) in [5, 5.41) is 8.32. The fraction of sp³-hybridized carbons (Fsp3) is 1.00. The molecule has 0 aliphatic heterocycles. The van der Waals surface area contributed by atoms with Crippen LogP contribution in [0.25, 0.3) is 0 Å². The largest absolute Gasteiger partial charge is 0.396 e. The third-order valence-electron chi connectivity index (χ3n) is 0.876. The smallest absolute Gasteiger partial charge is 0.0439 e. The SMILES string of the molecule is NCCS(=O)CCCO. The van der Waals surface area contributed by atoms with Crippen LogP contribution in [0, 0.1) is 0 Å². The summed E-state index contributed by atoms with van der Waals surface area (Å²) >= 11 is 0. The molecule has 0 amide bonds. The van der Waals surface area contributed by atoms with Gasteiger partial charge in [0.1, 0.15) is 0 Å². The molecular weight excluding hydrogens is 138 g/mol. The third kappa shape index (κ3) is 5.95. The molecule has 0 aliphatic carbocycles. The van der Waals surface area contributed by atoms with Crippen molar-refractivity contribution in [3.05, 3.63) is 0 Å². The first-order valence-electron chi connectivity index (χ1n) is 2.97. The molecule has 0 radical (unpaired) electrons. The molecule has 3 N–H and O–H groups in total. The maximum absolute atomic E-state index is 10.7. The minimum absolute atomic E-state index is 0.121. The fourth-order valence-corrected chi connectivity index (χ4v) is 1.38. The van der Waals surface area contributed by atoms with Crippen LogP contribution in [-0.2, 0) is 10.8 Å². The Morgan fingerprint density at radius 1 is 1.44 bits per heavy atom.